The topological polar surface area (TPSA) is 48.0 Å². The van der Waals surface area contributed by atoms with Gasteiger partial charge in [0.15, 0.2) is 0 Å². The van der Waals surface area contributed by atoms with E-state index in [2.05, 4.69) is 16.1 Å². The summed E-state index contributed by atoms with van der Waals surface area (Å²) in [6.45, 7) is 2.08. The summed E-state index contributed by atoms with van der Waals surface area (Å²) in [6.07, 6.45) is 6.35. The summed E-state index contributed by atoms with van der Waals surface area (Å²) in [6, 6.07) is 9.01. The molecule has 4 aromatic rings. The van der Waals surface area contributed by atoms with Crippen molar-refractivity contribution in [2.45, 2.75) is 26.3 Å². The molecule has 0 amide bonds. The van der Waals surface area contributed by atoms with Crippen LogP contribution in [0.5, 0.6) is 0 Å². The Hall–Kier alpha value is -3.09. The lowest BCUT2D eigenvalue weighted by molar-refractivity contribution is 0.155. The van der Waals surface area contributed by atoms with Gasteiger partial charge < -0.3 is 0 Å². The highest BCUT2D eigenvalue weighted by Gasteiger charge is 2.34. The first-order valence-corrected chi connectivity index (χ1v) is 9.28. The zero-order valence-electron chi connectivity index (χ0n) is 15.4. The number of alkyl halides is 1. The molecule has 0 bridgehead atoms. The first-order chi connectivity index (χ1) is 13.6. The lowest BCUT2D eigenvalue weighted by Gasteiger charge is -2.31. The highest BCUT2D eigenvalue weighted by molar-refractivity contribution is 5.83. The van der Waals surface area contributed by atoms with Gasteiger partial charge in [-0.3, -0.25) is 14.1 Å². The van der Waals surface area contributed by atoms with Gasteiger partial charge in [0.25, 0.3) is 0 Å². The lowest BCUT2D eigenvalue weighted by Crippen LogP contribution is -2.32. The van der Waals surface area contributed by atoms with Gasteiger partial charge in [0.2, 0.25) is 0 Å². The molecule has 1 atom stereocenters. The number of hydrogen-bond acceptors (Lipinski definition) is 3. The zero-order chi connectivity index (χ0) is 19.3. The van der Waals surface area contributed by atoms with Crippen LogP contribution in [-0.2, 0) is 13.0 Å². The Balaban J connectivity index is 1.72. The quantitative estimate of drug-likeness (QED) is 0.533. The first-order valence-electron chi connectivity index (χ1n) is 9.28. The maximum absolute atomic E-state index is 13.6. The smallest absolute Gasteiger partial charge is 0.141 e. The van der Waals surface area contributed by atoms with Crippen LogP contribution < -0.4 is 0 Å². The average molecular weight is 379 g/mol. The average Bonchev–Trinajstić information content (AvgIpc) is 3.31. The zero-order valence-corrected chi connectivity index (χ0v) is 15.4. The SMILES string of the molecule is CC1(CF)CCc2c(-c3ccn4nccc4c3)c(-c3ccc(F)cn3)nn2C1. The fourth-order valence-electron chi connectivity index (χ4n) is 3.93. The van der Waals surface area contributed by atoms with E-state index in [1.54, 1.807) is 16.8 Å². The van der Waals surface area contributed by atoms with Crippen LogP contribution in [0, 0.1) is 11.2 Å². The van der Waals surface area contributed by atoms with Gasteiger partial charge in [0.05, 0.1) is 24.1 Å². The molecule has 0 aliphatic carbocycles. The largest absolute Gasteiger partial charge is 0.268 e. The van der Waals surface area contributed by atoms with Crippen LogP contribution in [0.2, 0.25) is 0 Å². The van der Waals surface area contributed by atoms with E-state index in [0.717, 1.165) is 35.2 Å². The Labute approximate surface area is 160 Å². The van der Waals surface area contributed by atoms with Crippen LogP contribution in [0.4, 0.5) is 8.78 Å². The van der Waals surface area contributed by atoms with Crippen LogP contribution in [0.1, 0.15) is 19.0 Å². The van der Waals surface area contributed by atoms with Gasteiger partial charge in [0.1, 0.15) is 11.5 Å². The molecule has 1 aliphatic heterocycles. The predicted molar refractivity (Wildman–Crippen MR) is 102 cm³/mol. The molecule has 5 nitrogen and oxygen atoms in total. The molecule has 0 radical (unpaired) electrons. The molecule has 5 heterocycles. The Morgan fingerprint density at radius 2 is 2.11 bits per heavy atom. The number of halogens is 2. The van der Waals surface area contributed by atoms with E-state index in [9.17, 15) is 8.78 Å². The molecular weight excluding hydrogens is 360 g/mol. The Bertz CT molecular complexity index is 1160. The van der Waals surface area contributed by atoms with Crippen molar-refractivity contribution in [3.8, 4) is 22.5 Å². The van der Waals surface area contributed by atoms with Gasteiger partial charge in [-0.15, -0.1) is 0 Å². The summed E-state index contributed by atoms with van der Waals surface area (Å²) in [5.74, 6) is -0.389. The van der Waals surface area contributed by atoms with Crippen molar-refractivity contribution >= 4 is 5.52 Å². The van der Waals surface area contributed by atoms with Crippen LogP contribution >= 0.6 is 0 Å². The van der Waals surface area contributed by atoms with Gasteiger partial charge >= 0.3 is 0 Å². The minimum atomic E-state index is -0.417. The van der Waals surface area contributed by atoms with Gasteiger partial charge in [-0.25, -0.2) is 8.91 Å². The fraction of sp³-hybridized carbons (Fsp3) is 0.286. The fourth-order valence-corrected chi connectivity index (χ4v) is 3.93. The molecule has 0 N–H and O–H groups in total. The molecule has 1 aliphatic rings. The van der Waals surface area contributed by atoms with Crippen LogP contribution in [0.25, 0.3) is 28.0 Å². The summed E-state index contributed by atoms with van der Waals surface area (Å²) in [4.78, 5) is 4.24. The molecule has 28 heavy (non-hydrogen) atoms. The third-order valence-electron chi connectivity index (χ3n) is 5.54. The van der Waals surface area contributed by atoms with E-state index in [4.69, 9.17) is 5.10 Å². The molecule has 5 rings (SSSR count). The van der Waals surface area contributed by atoms with E-state index in [1.165, 1.54) is 12.3 Å². The van der Waals surface area contributed by atoms with E-state index >= 15 is 0 Å². The number of fused-ring (bicyclic) bond motifs is 2. The predicted octanol–water partition coefficient (Wildman–Crippen LogP) is 4.32. The molecule has 0 aromatic carbocycles. The molecule has 142 valence electrons. The van der Waals surface area contributed by atoms with Crippen molar-refractivity contribution in [3.63, 3.8) is 0 Å². The minimum absolute atomic E-state index is 0.381. The molecule has 1 unspecified atom stereocenters. The highest BCUT2D eigenvalue weighted by atomic mass is 19.1. The minimum Gasteiger partial charge on any atom is -0.268 e. The van der Waals surface area contributed by atoms with E-state index in [1.807, 2.05) is 29.9 Å². The van der Waals surface area contributed by atoms with Crippen LogP contribution in [0.3, 0.4) is 0 Å². The van der Waals surface area contributed by atoms with Gasteiger partial charge in [-0.2, -0.15) is 10.2 Å². The lowest BCUT2D eigenvalue weighted by atomic mass is 9.82. The molecule has 7 heteroatoms. The first kappa shape index (κ1) is 17.0. The summed E-state index contributed by atoms with van der Waals surface area (Å²) < 4.78 is 30.7. The normalized spacial score (nSPS) is 19.1. The highest BCUT2D eigenvalue weighted by Crippen LogP contribution is 2.40. The summed E-state index contributed by atoms with van der Waals surface area (Å²) >= 11 is 0. The van der Waals surface area contributed by atoms with E-state index in [0.29, 0.717) is 17.9 Å². The number of aromatic nitrogens is 5. The second kappa shape index (κ2) is 6.22. The third-order valence-corrected chi connectivity index (χ3v) is 5.54. The van der Waals surface area contributed by atoms with Crippen molar-refractivity contribution in [2.75, 3.05) is 6.67 Å². The van der Waals surface area contributed by atoms with Gasteiger partial charge in [-0.1, -0.05) is 6.92 Å². The van der Waals surface area contributed by atoms with Crippen molar-refractivity contribution in [2.24, 2.45) is 5.41 Å². The van der Waals surface area contributed by atoms with Crippen molar-refractivity contribution < 1.29 is 8.78 Å². The van der Waals surface area contributed by atoms with Gasteiger partial charge in [-0.05, 0) is 48.7 Å². The van der Waals surface area contributed by atoms with Crippen molar-refractivity contribution in [3.05, 3.63) is 60.4 Å². The third kappa shape index (κ3) is 2.69. The maximum atomic E-state index is 13.6. The molecule has 4 aromatic heterocycles. The molecule has 0 saturated heterocycles. The Morgan fingerprint density at radius 1 is 1.21 bits per heavy atom. The Morgan fingerprint density at radius 3 is 2.89 bits per heavy atom. The van der Waals surface area contributed by atoms with Crippen LogP contribution in [-0.4, -0.2) is 31.1 Å². The van der Waals surface area contributed by atoms with E-state index < -0.39 is 5.41 Å². The van der Waals surface area contributed by atoms with Crippen molar-refractivity contribution in [1.82, 2.24) is 24.4 Å². The number of hydrogen-bond donors (Lipinski definition) is 0. The summed E-state index contributed by atoms with van der Waals surface area (Å²) in [5, 5.41) is 9.03. The standard InChI is InChI=1S/C21H19F2N5/c1-21(12-22)7-4-18-19(14-6-9-27-16(10-14)5-8-25-27)20(26-28(18)13-21)17-3-2-15(23)11-24-17/h2-3,5-6,8-11H,4,7,12-13H2,1H3. The number of pyridine rings is 2. The van der Waals surface area contributed by atoms with Crippen molar-refractivity contribution in [1.29, 1.82) is 0 Å². The van der Waals surface area contributed by atoms with Gasteiger partial charge in [0, 0.05) is 35.6 Å². The Kier molecular flexibility index (Phi) is 3.79. The molecule has 0 spiro atoms. The monoisotopic (exact) mass is 379 g/mol. The molecule has 0 saturated carbocycles. The number of nitrogens with zero attached hydrogens (tertiary/aromatic N) is 5. The maximum Gasteiger partial charge on any atom is 0.141 e. The summed E-state index contributed by atoms with van der Waals surface area (Å²) in [5.41, 5.74) is 4.90. The second-order valence-corrected chi connectivity index (χ2v) is 7.75. The van der Waals surface area contributed by atoms with Crippen LogP contribution in [0.15, 0.2) is 48.9 Å². The molecule has 0 fully saturated rings. The summed E-state index contributed by atoms with van der Waals surface area (Å²) in [7, 11) is 0. The number of rotatable bonds is 3. The molecular formula is C21H19F2N5. The second-order valence-electron chi connectivity index (χ2n) is 7.75. The van der Waals surface area contributed by atoms with E-state index in [-0.39, 0.29) is 12.5 Å².